The highest BCUT2D eigenvalue weighted by Crippen LogP contribution is 2.11. The maximum atomic E-state index is 6.15. The molecule has 0 aromatic heterocycles. The Hall–Kier alpha value is -1.08. The zero-order valence-electron chi connectivity index (χ0n) is 11.9. The highest BCUT2D eigenvalue weighted by Gasteiger charge is 2.02. The van der Waals surface area contributed by atoms with Gasteiger partial charge in [-0.1, -0.05) is 42.0 Å². The highest BCUT2D eigenvalue weighted by atomic mass is 14.6. The summed E-state index contributed by atoms with van der Waals surface area (Å²) in [5.41, 5.74) is 9.05. The van der Waals surface area contributed by atoms with Gasteiger partial charge in [-0.2, -0.15) is 0 Å². The molecule has 0 bridgehead atoms. The second kappa shape index (κ2) is 8.93. The Morgan fingerprint density at radius 2 is 1.83 bits per heavy atom. The van der Waals surface area contributed by atoms with Crippen LogP contribution in [0, 0.1) is 0 Å². The quantitative estimate of drug-likeness (QED) is 0.672. The number of aryl methyl sites for hydroxylation is 1. The summed E-state index contributed by atoms with van der Waals surface area (Å²) in [5, 5.41) is 0. The van der Waals surface area contributed by atoms with Gasteiger partial charge in [0.25, 0.3) is 0 Å². The third-order valence-electron chi connectivity index (χ3n) is 3.52. The molecule has 1 rings (SSSR count). The molecular formula is C17H27N. The Kier molecular flexibility index (Phi) is 7.43. The summed E-state index contributed by atoms with van der Waals surface area (Å²) < 4.78 is 0. The third-order valence-corrected chi connectivity index (χ3v) is 3.52. The summed E-state index contributed by atoms with van der Waals surface area (Å²) in [7, 11) is 0. The minimum Gasteiger partial charge on any atom is -0.328 e. The van der Waals surface area contributed by atoms with Crippen LogP contribution in [0.15, 0.2) is 42.0 Å². The Balaban J connectivity index is 2.08. The number of hydrogen-bond acceptors (Lipinski definition) is 1. The average Bonchev–Trinajstić information content (AvgIpc) is 2.39. The van der Waals surface area contributed by atoms with Crippen molar-refractivity contribution in [2.75, 3.05) is 0 Å². The monoisotopic (exact) mass is 245 g/mol. The molecule has 100 valence electrons. The van der Waals surface area contributed by atoms with Crippen LogP contribution in [0.3, 0.4) is 0 Å². The molecule has 0 spiro atoms. The first-order chi connectivity index (χ1) is 8.72. The van der Waals surface area contributed by atoms with Crippen molar-refractivity contribution in [1.82, 2.24) is 0 Å². The summed E-state index contributed by atoms with van der Waals surface area (Å²) in [6, 6.07) is 11.0. The van der Waals surface area contributed by atoms with Crippen LogP contribution in [0.2, 0.25) is 0 Å². The average molecular weight is 245 g/mol. The van der Waals surface area contributed by atoms with Gasteiger partial charge in [0.05, 0.1) is 0 Å². The van der Waals surface area contributed by atoms with E-state index in [2.05, 4.69) is 50.3 Å². The Bertz CT molecular complexity index is 340. The van der Waals surface area contributed by atoms with E-state index in [1.54, 1.807) is 0 Å². The van der Waals surface area contributed by atoms with Gasteiger partial charge in [-0.3, -0.25) is 0 Å². The van der Waals surface area contributed by atoms with Crippen molar-refractivity contribution in [3.05, 3.63) is 47.5 Å². The lowest BCUT2D eigenvalue weighted by Gasteiger charge is -2.11. The van der Waals surface area contributed by atoms with Gasteiger partial charge in [-0.05, 0) is 57.9 Å². The second-order valence-corrected chi connectivity index (χ2v) is 5.17. The lowest BCUT2D eigenvalue weighted by atomic mass is 10.0. The predicted molar refractivity (Wildman–Crippen MR) is 80.6 cm³/mol. The summed E-state index contributed by atoms with van der Waals surface area (Å²) in [6.07, 6.45) is 9.27. The molecule has 1 atom stereocenters. The van der Waals surface area contributed by atoms with Gasteiger partial charge in [0, 0.05) is 6.04 Å². The van der Waals surface area contributed by atoms with Crippen LogP contribution in [0.25, 0.3) is 0 Å². The van der Waals surface area contributed by atoms with E-state index in [4.69, 9.17) is 5.73 Å². The molecule has 1 heteroatoms. The first kappa shape index (κ1) is 15.0. The molecule has 0 saturated carbocycles. The largest absolute Gasteiger partial charge is 0.328 e. The Labute approximate surface area is 112 Å². The van der Waals surface area contributed by atoms with Crippen LogP contribution >= 0.6 is 0 Å². The highest BCUT2D eigenvalue weighted by molar-refractivity contribution is 5.14. The maximum absolute atomic E-state index is 6.15. The minimum absolute atomic E-state index is 0.373. The van der Waals surface area contributed by atoms with Gasteiger partial charge in [-0.25, -0.2) is 0 Å². The third kappa shape index (κ3) is 6.61. The fraction of sp³-hybridized carbons (Fsp3) is 0.529. The molecule has 1 aromatic rings. The molecule has 0 radical (unpaired) electrons. The van der Waals surface area contributed by atoms with Crippen LogP contribution in [0.1, 0.15) is 51.5 Å². The van der Waals surface area contributed by atoms with Crippen LogP contribution in [0.4, 0.5) is 0 Å². The van der Waals surface area contributed by atoms with Crippen LogP contribution in [-0.2, 0) is 6.42 Å². The number of nitrogens with two attached hydrogens (primary N) is 1. The molecule has 0 aliphatic heterocycles. The number of rotatable bonds is 8. The Morgan fingerprint density at radius 3 is 2.50 bits per heavy atom. The SMILES string of the molecule is C/C=C(\C)CCCC(N)CCCc1ccccc1. The van der Waals surface area contributed by atoms with Gasteiger partial charge >= 0.3 is 0 Å². The molecule has 1 unspecified atom stereocenters. The van der Waals surface area contributed by atoms with Crippen molar-refractivity contribution in [2.45, 2.75) is 58.4 Å². The number of hydrogen-bond donors (Lipinski definition) is 1. The van der Waals surface area contributed by atoms with Crippen molar-refractivity contribution in [3.8, 4) is 0 Å². The van der Waals surface area contributed by atoms with E-state index in [9.17, 15) is 0 Å². The molecule has 2 N–H and O–H groups in total. The molecule has 0 aliphatic carbocycles. The van der Waals surface area contributed by atoms with E-state index < -0.39 is 0 Å². The molecule has 0 heterocycles. The summed E-state index contributed by atoms with van der Waals surface area (Å²) in [6.45, 7) is 4.30. The van der Waals surface area contributed by atoms with Crippen molar-refractivity contribution < 1.29 is 0 Å². The van der Waals surface area contributed by atoms with Gasteiger partial charge in [-0.15, -0.1) is 0 Å². The zero-order valence-corrected chi connectivity index (χ0v) is 11.9. The first-order valence-electron chi connectivity index (χ1n) is 7.13. The van der Waals surface area contributed by atoms with Crippen molar-refractivity contribution in [1.29, 1.82) is 0 Å². The van der Waals surface area contributed by atoms with E-state index in [0.29, 0.717) is 6.04 Å². The first-order valence-corrected chi connectivity index (χ1v) is 7.13. The topological polar surface area (TPSA) is 26.0 Å². The molecule has 0 saturated heterocycles. The van der Waals surface area contributed by atoms with E-state index in [0.717, 1.165) is 19.3 Å². The second-order valence-electron chi connectivity index (χ2n) is 5.17. The summed E-state index contributed by atoms with van der Waals surface area (Å²) in [5.74, 6) is 0. The van der Waals surface area contributed by atoms with Gasteiger partial charge in [0.15, 0.2) is 0 Å². The number of benzene rings is 1. The van der Waals surface area contributed by atoms with Crippen LogP contribution < -0.4 is 5.73 Å². The van der Waals surface area contributed by atoms with Crippen molar-refractivity contribution in [3.63, 3.8) is 0 Å². The molecule has 18 heavy (non-hydrogen) atoms. The Morgan fingerprint density at radius 1 is 1.17 bits per heavy atom. The van der Waals surface area contributed by atoms with E-state index in [1.165, 1.54) is 30.4 Å². The molecule has 0 aliphatic rings. The standard InChI is InChI=1S/C17H27N/c1-3-15(2)9-7-13-17(18)14-8-12-16-10-5-4-6-11-16/h3-6,10-11,17H,7-9,12-14,18H2,1-2H3/b15-3+. The van der Waals surface area contributed by atoms with E-state index >= 15 is 0 Å². The molecule has 1 nitrogen and oxygen atoms in total. The minimum atomic E-state index is 0.373. The smallest absolute Gasteiger partial charge is 0.00390 e. The van der Waals surface area contributed by atoms with Gasteiger partial charge < -0.3 is 5.73 Å². The van der Waals surface area contributed by atoms with E-state index in [-0.39, 0.29) is 0 Å². The molecular weight excluding hydrogens is 218 g/mol. The lowest BCUT2D eigenvalue weighted by molar-refractivity contribution is 0.526. The summed E-state index contributed by atoms with van der Waals surface area (Å²) >= 11 is 0. The van der Waals surface area contributed by atoms with E-state index in [1.807, 2.05) is 0 Å². The molecule has 0 fully saturated rings. The van der Waals surface area contributed by atoms with Gasteiger partial charge in [0.1, 0.15) is 0 Å². The number of allylic oxidation sites excluding steroid dienone is 2. The fourth-order valence-corrected chi connectivity index (χ4v) is 2.14. The van der Waals surface area contributed by atoms with Crippen LogP contribution in [0.5, 0.6) is 0 Å². The van der Waals surface area contributed by atoms with Crippen LogP contribution in [-0.4, -0.2) is 6.04 Å². The molecule has 0 amide bonds. The lowest BCUT2D eigenvalue weighted by Crippen LogP contribution is -2.19. The van der Waals surface area contributed by atoms with Crippen molar-refractivity contribution >= 4 is 0 Å². The predicted octanol–water partition coefficient (Wildman–Crippen LogP) is 4.47. The van der Waals surface area contributed by atoms with Crippen molar-refractivity contribution in [2.24, 2.45) is 5.73 Å². The maximum Gasteiger partial charge on any atom is 0.00390 e. The fourth-order valence-electron chi connectivity index (χ4n) is 2.14. The summed E-state index contributed by atoms with van der Waals surface area (Å²) in [4.78, 5) is 0. The normalized spacial score (nSPS) is 13.6. The zero-order chi connectivity index (χ0) is 13.2. The molecule has 1 aromatic carbocycles. The van der Waals surface area contributed by atoms with Gasteiger partial charge in [0.2, 0.25) is 0 Å².